The van der Waals surface area contributed by atoms with Gasteiger partial charge in [-0.3, -0.25) is 4.79 Å². The summed E-state index contributed by atoms with van der Waals surface area (Å²) in [5.74, 6) is 0.821. The molecule has 96 valence electrons. The largest absolute Gasteiger partial charge is 0.462 e. The van der Waals surface area contributed by atoms with Crippen molar-refractivity contribution in [2.75, 3.05) is 5.75 Å². The summed E-state index contributed by atoms with van der Waals surface area (Å²) in [6.07, 6.45) is 4.18. The van der Waals surface area contributed by atoms with Crippen LogP contribution in [0.2, 0.25) is 0 Å². The van der Waals surface area contributed by atoms with Gasteiger partial charge >= 0.3 is 5.97 Å². The molecule has 0 aliphatic rings. The third-order valence-electron chi connectivity index (χ3n) is 2.94. The van der Waals surface area contributed by atoms with Crippen LogP contribution in [0.4, 0.5) is 0 Å². The van der Waals surface area contributed by atoms with Gasteiger partial charge in [-0.05, 0) is 19.3 Å². The summed E-state index contributed by atoms with van der Waals surface area (Å²) in [5, 5.41) is 0. The molecule has 0 aliphatic carbocycles. The SMILES string of the molecule is CCCC(C)OC(=O)C(CS)C(C)CCC. The summed E-state index contributed by atoms with van der Waals surface area (Å²) < 4.78 is 5.42. The molecule has 0 rings (SSSR count). The van der Waals surface area contributed by atoms with Crippen molar-refractivity contribution in [3.63, 3.8) is 0 Å². The maximum absolute atomic E-state index is 11.9. The fourth-order valence-electron chi connectivity index (χ4n) is 1.89. The molecular weight excluding hydrogens is 220 g/mol. The second-order valence-electron chi connectivity index (χ2n) is 4.59. The van der Waals surface area contributed by atoms with Gasteiger partial charge in [-0.2, -0.15) is 12.6 Å². The van der Waals surface area contributed by atoms with Crippen molar-refractivity contribution in [2.45, 2.75) is 59.5 Å². The first-order chi connectivity index (χ1) is 7.56. The van der Waals surface area contributed by atoms with E-state index in [2.05, 4.69) is 33.4 Å². The van der Waals surface area contributed by atoms with E-state index in [1.54, 1.807) is 0 Å². The Kier molecular flexibility index (Phi) is 8.81. The Morgan fingerprint density at radius 2 is 1.75 bits per heavy atom. The highest BCUT2D eigenvalue weighted by molar-refractivity contribution is 7.80. The first kappa shape index (κ1) is 15.8. The summed E-state index contributed by atoms with van der Waals surface area (Å²) in [4.78, 5) is 11.9. The van der Waals surface area contributed by atoms with E-state index in [0.29, 0.717) is 11.7 Å². The van der Waals surface area contributed by atoms with Crippen molar-refractivity contribution >= 4 is 18.6 Å². The van der Waals surface area contributed by atoms with Gasteiger partial charge in [-0.1, -0.05) is 40.0 Å². The molecule has 16 heavy (non-hydrogen) atoms. The van der Waals surface area contributed by atoms with Crippen molar-refractivity contribution in [2.24, 2.45) is 11.8 Å². The Balaban J connectivity index is 4.19. The van der Waals surface area contributed by atoms with Gasteiger partial charge in [0.15, 0.2) is 0 Å². The highest BCUT2D eigenvalue weighted by Gasteiger charge is 2.25. The van der Waals surface area contributed by atoms with Crippen LogP contribution >= 0.6 is 12.6 Å². The van der Waals surface area contributed by atoms with Crippen LogP contribution in [0.15, 0.2) is 0 Å². The molecule has 0 saturated heterocycles. The minimum Gasteiger partial charge on any atom is -0.462 e. The topological polar surface area (TPSA) is 26.3 Å². The average Bonchev–Trinajstić information content (AvgIpc) is 2.19. The van der Waals surface area contributed by atoms with E-state index in [1.807, 2.05) is 6.92 Å². The molecule has 0 spiro atoms. The van der Waals surface area contributed by atoms with Crippen molar-refractivity contribution in [3.05, 3.63) is 0 Å². The molecule has 0 heterocycles. The molecule has 0 fully saturated rings. The fraction of sp³-hybridized carbons (Fsp3) is 0.923. The maximum Gasteiger partial charge on any atom is 0.310 e. The van der Waals surface area contributed by atoms with E-state index in [1.165, 1.54) is 0 Å². The van der Waals surface area contributed by atoms with Gasteiger partial charge in [0.25, 0.3) is 0 Å². The Bertz CT molecular complexity index is 194. The van der Waals surface area contributed by atoms with Crippen molar-refractivity contribution in [3.8, 4) is 0 Å². The van der Waals surface area contributed by atoms with E-state index in [4.69, 9.17) is 4.74 Å². The first-order valence-corrected chi connectivity index (χ1v) is 7.01. The third-order valence-corrected chi connectivity index (χ3v) is 3.34. The summed E-state index contributed by atoms with van der Waals surface area (Å²) in [5.41, 5.74) is 0. The summed E-state index contributed by atoms with van der Waals surface area (Å²) in [6, 6.07) is 0. The molecule has 0 aliphatic heterocycles. The number of esters is 1. The van der Waals surface area contributed by atoms with E-state index in [0.717, 1.165) is 25.7 Å². The Labute approximate surface area is 106 Å². The molecule has 3 atom stereocenters. The predicted octanol–water partition coefficient (Wildman–Crippen LogP) is 3.70. The number of ether oxygens (including phenoxy) is 1. The molecule has 0 bridgehead atoms. The van der Waals surface area contributed by atoms with Crippen LogP contribution in [-0.2, 0) is 9.53 Å². The molecule has 0 aromatic heterocycles. The van der Waals surface area contributed by atoms with Gasteiger partial charge < -0.3 is 4.74 Å². The van der Waals surface area contributed by atoms with E-state index in [9.17, 15) is 4.79 Å². The second kappa shape index (κ2) is 8.91. The zero-order valence-electron chi connectivity index (χ0n) is 11.0. The minimum absolute atomic E-state index is 0.0358. The van der Waals surface area contributed by atoms with E-state index < -0.39 is 0 Å². The van der Waals surface area contributed by atoms with Crippen molar-refractivity contribution in [1.29, 1.82) is 0 Å². The average molecular weight is 246 g/mol. The molecular formula is C13H26O2S. The Hall–Kier alpha value is -0.180. The van der Waals surface area contributed by atoms with Gasteiger partial charge in [0, 0.05) is 5.75 Å². The number of hydrogen-bond donors (Lipinski definition) is 1. The molecule has 0 N–H and O–H groups in total. The monoisotopic (exact) mass is 246 g/mol. The van der Waals surface area contributed by atoms with Crippen LogP contribution in [0.25, 0.3) is 0 Å². The van der Waals surface area contributed by atoms with Crippen molar-refractivity contribution < 1.29 is 9.53 Å². The van der Waals surface area contributed by atoms with Crippen LogP contribution < -0.4 is 0 Å². The minimum atomic E-state index is -0.0723. The molecule has 2 nitrogen and oxygen atoms in total. The van der Waals surface area contributed by atoms with E-state index >= 15 is 0 Å². The predicted molar refractivity (Wildman–Crippen MR) is 71.9 cm³/mol. The molecule has 0 amide bonds. The number of carbonyl (C=O) groups excluding carboxylic acids is 1. The van der Waals surface area contributed by atoms with Gasteiger partial charge in [0.1, 0.15) is 0 Å². The smallest absolute Gasteiger partial charge is 0.310 e. The highest BCUT2D eigenvalue weighted by atomic mass is 32.1. The van der Waals surface area contributed by atoms with Crippen LogP contribution in [0.3, 0.4) is 0 Å². The summed E-state index contributed by atoms with van der Waals surface area (Å²) >= 11 is 4.26. The quantitative estimate of drug-likeness (QED) is 0.522. The van der Waals surface area contributed by atoms with Gasteiger partial charge in [0.2, 0.25) is 0 Å². The standard InChI is InChI=1S/C13H26O2S/c1-5-7-10(3)12(9-16)13(14)15-11(4)8-6-2/h10-12,16H,5-9H2,1-4H3. The first-order valence-electron chi connectivity index (χ1n) is 6.38. The lowest BCUT2D eigenvalue weighted by molar-refractivity contribution is -0.154. The van der Waals surface area contributed by atoms with Crippen LogP contribution in [0.1, 0.15) is 53.4 Å². The second-order valence-corrected chi connectivity index (χ2v) is 4.96. The Morgan fingerprint density at radius 1 is 1.19 bits per heavy atom. The molecule has 3 heteroatoms. The zero-order valence-corrected chi connectivity index (χ0v) is 11.9. The molecule has 0 aromatic carbocycles. The van der Waals surface area contributed by atoms with E-state index in [-0.39, 0.29) is 18.0 Å². The summed E-state index contributed by atoms with van der Waals surface area (Å²) in [7, 11) is 0. The lowest BCUT2D eigenvalue weighted by Gasteiger charge is -2.22. The zero-order chi connectivity index (χ0) is 12.6. The van der Waals surface area contributed by atoms with Gasteiger partial charge in [0.05, 0.1) is 12.0 Å². The molecule has 0 radical (unpaired) electrons. The molecule has 0 saturated carbocycles. The molecule has 0 aromatic rings. The number of hydrogen-bond acceptors (Lipinski definition) is 3. The molecule has 3 unspecified atom stereocenters. The number of thiol groups is 1. The maximum atomic E-state index is 11.9. The van der Waals surface area contributed by atoms with Gasteiger partial charge in [-0.15, -0.1) is 0 Å². The van der Waals surface area contributed by atoms with Gasteiger partial charge in [-0.25, -0.2) is 0 Å². The van der Waals surface area contributed by atoms with Crippen LogP contribution in [-0.4, -0.2) is 17.8 Å². The van der Waals surface area contributed by atoms with Crippen molar-refractivity contribution in [1.82, 2.24) is 0 Å². The lowest BCUT2D eigenvalue weighted by atomic mass is 9.92. The lowest BCUT2D eigenvalue weighted by Crippen LogP contribution is -2.28. The number of carbonyl (C=O) groups is 1. The Morgan fingerprint density at radius 3 is 2.19 bits per heavy atom. The third kappa shape index (κ3) is 5.78. The number of rotatable bonds is 8. The van der Waals surface area contributed by atoms with Crippen LogP contribution in [0, 0.1) is 11.8 Å². The fourth-order valence-corrected chi connectivity index (χ4v) is 2.40. The van der Waals surface area contributed by atoms with Crippen LogP contribution in [0.5, 0.6) is 0 Å². The normalized spacial score (nSPS) is 16.6. The highest BCUT2D eigenvalue weighted by Crippen LogP contribution is 2.21. The summed E-state index contributed by atoms with van der Waals surface area (Å²) in [6.45, 7) is 8.30.